The molecule has 6 aliphatic rings. The lowest BCUT2D eigenvalue weighted by atomic mass is 10.1. The molecule has 0 aliphatic heterocycles. The van der Waals surface area contributed by atoms with Crippen LogP contribution < -0.4 is 36.6 Å². The number of hydrogen-bond acceptors (Lipinski definition) is 28. The number of ketones is 5. The van der Waals surface area contributed by atoms with Gasteiger partial charge in [-0.25, -0.2) is 69.8 Å². The van der Waals surface area contributed by atoms with Gasteiger partial charge in [-0.3, -0.25) is 24.0 Å². The molecule has 24 rings (SSSR count). The number of thioether (sulfide) groups is 1. The van der Waals surface area contributed by atoms with Crippen molar-refractivity contribution >= 4 is 196 Å². The fraction of sp³-hybridized carbons (Fsp3) is 0.271. The van der Waals surface area contributed by atoms with E-state index in [-0.39, 0.29) is 28.9 Å². The van der Waals surface area contributed by atoms with Crippen LogP contribution in [0.5, 0.6) is 6.01 Å². The number of ether oxygens (including phenoxy) is 1. The zero-order valence-electron chi connectivity index (χ0n) is 76.1. The highest BCUT2D eigenvalue weighted by atomic mass is 35.5. The number of anilines is 6. The lowest BCUT2D eigenvalue weighted by Crippen LogP contribution is -2.08. The molecule has 29 heteroatoms. The molecular formula is C107H98ClN21O6S. The van der Waals surface area contributed by atoms with Gasteiger partial charge in [-0.1, -0.05) is 163 Å². The molecule has 6 saturated carbocycles. The second-order valence-electron chi connectivity index (χ2n) is 35.6. The molecule has 0 atom stereocenters. The maximum Gasteiger partial charge on any atom is 0.317 e. The molecule has 10 aromatic heterocycles. The smallest absolute Gasteiger partial charge is 0.317 e. The van der Waals surface area contributed by atoms with Crippen LogP contribution in [0.2, 0.25) is 5.02 Å². The molecule has 0 spiro atoms. The van der Waals surface area contributed by atoms with Gasteiger partial charge in [0.15, 0.2) is 63.2 Å². The maximum absolute atomic E-state index is 11.8. The molecule has 680 valence electrons. The average molecular weight is 1840 g/mol. The van der Waals surface area contributed by atoms with Crippen LogP contribution in [0.4, 0.5) is 35.0 Å². The Balaban J connectivity index is 0.000000105. The number of nitrogens with zero attached hydrogens (tertiary/aromatic N) is 15. The second-order valence-corrected chi connectivity index (χ2v) is 36.9. The fourth-order valence-electron chi connectivity index (χ4n) is 16.1. The predicted molar refractivity (Wildman–Crippen MR) is 539 cm³/mol. The van der Waals surface area contributed by atoms with E-state index in [4.69, 9.17) is 61.2 Å². The minimum absolute atomic E-state index is 0.0260. The van der Waals surface area contributed by atoms with Crippen LogP contribution in [0.1, 0.15) is 199 Å². The maximum atomic E-state index is 11.8. The molecule has 18 aromatic rings. The second kappa shape index (κ2) is 39.0. The van der Waals surface area contributed by atoms with E-state index in [1.807, 2.05) is 171 Å². The molecular weight excluding hydrogens is 1740 g/mol. The van der Waals surface area contributed by atoms with E-state index in [9.17, 15) is 24.0 Å². The molecule has 0 saturated heterocycles. The molecule has 27 nitrogen and oxygen atoms in total. The largest absolute Gasteiger partial charge is 0.464 e. The SMILES string of the molecule is CC(=O)c1ccc2c(c1)nc(NC1CC1)c1nc(CCc3ccccc3)ncc12.CC(=O)c1ccc2c(c1)nc(NC1CC1)c1nc(Cc3ccccc3)ncc12.CC(=O)c1ccc2c(c1)nc(NC1CC1)c1nc(NC3CC3)ncc12.CC(=O)c1ccc2c(c1)nc(NC1CC1)c1nc(SCc3ccccc3Cl)ncc12.CCOc1ncc2c(n1)c(NC1CC1)nc1cc(C(C)=O)ccc12. The van der Waals surface area contributed by atoms with Gasteiger partial charge >= 0.3 is 6.01 Å². The van der Waals surface area contributed by atoms with Crippen molar-refractivity contribution in [3.05, 3.63) is 268 Å². The first-order valence-electron chi connectivity index (χ1n) is 46.5. The molecule has 10 heterocycles. The summed E-state index contributed by atoms with van der Waals surface area (Å²) in [6, 6.07) is 59.7. The summed E-state index contributed by atoms with van der Waals surface area (Å²) in [5.74, 6) is 6.96. The Bertz CT molecular complexity index is 7770. The lowest BCUT2D eigenvalue weighted by Gasteiger charge is -2.12. The summed E-state index contributed by atoms with van der Waals surface area (Å²) in [7, 11) is 0. The number of benzene rings is 8. The molecule has 0 radical (unpaired) electrons. The molecule has 8 aromatic carbocycles. The van der Waals surface area contributed by atoms with Crippen molar-refractivity contribution in [2.24, 2.45) is 0 Å². The summed E-state index contributed by atoms with van der Waals surface area (Å²) < 4.78 is 5.43. The number of aryl methyl sites for hydroxylation is 2. The fourth-order valence-corrected chi connectivity index (χ4v) is 17.2. The van der Waals surface area contributed by atoms with Gasteiger partial charge in [0.2, 0.25) is 5.95 Å². The average Bonchev–Trinajstić information content (AvgIpc) is 1.64. The van der Waals surface area contributed by atoms with Gasteiger partial charge < -0.3 is 36.6 Å². The topological polar surface area (TPSA) is 360 Å². The molecule has 6 N–H and O–H groups in total. The summed E-state index contributed by atoms with van der Waals surface area (Å²) in [4.78, 5) is 129. The number of aromatic nitrogens is 15. The van der Waals surface area contributed by atoms with Crippen LogP contribution >= 0.6 is 23.4 Å². The van der Waals surface area contributed by atoms with E-state index in [1.54, 1.807) is 52.6 Å². The van der Waals surface area contributed by atoms with Crippen LogP contribution in [0, 0.1) is 0 Å². The number of halogens is 1. The minimum Gasteiger partial charge on any atom is -0.464 e. The van der Waals surface area contributed by atoms with Gasteiger partial charge in [-0.2, -0.15) is 4.98 Å². The van der Waals surface area contributed by atoms with E-state index < -0.39 is 0 Å². The number of carbonyl (C=O) groups excluding carboxylic acids is 5. The van der Waals surface area contributed by atoms with Gasteiger partial charge in [0.25, 0.3) is 0 Å². The lowest BCUT2D eigenvalue weighted by molar-refractivity contribution is 0.100. The van der Waals surface area contributed by atoms with Gasteiger partial charge in [0.1, 0.15) is 39.2 Å². The molecule has 6 aliphatic carbocycles. The van der Waals surface area contributed by atoms with E-state index in [2.05, 4.69) is 98.2 Å². The first-order chi connectivity index (χ1) is 66.2. The number of fused-ring (bicyclic) bond motifs is 15. The van der Waals surface area contributed by atoms with Crippen LogP contribution in [0.3, 0.4) is 0 Å². The van der Waals surface area contributed by atoms with E-state index in [0.717, 1.165) is 237 Å². The highest BCUT2D eigenvalue weighted by Gasteiger charge is 2.31. The van der Waals surface area contributed by atoms with E-state index in [0.29, 0.717) is 100.0 Å². The Morgan fingerprint density at radius 1 is 0.331 bits per heavy atom. The number of rotatable bonds is 27. The van der Waals surface area contributed by atoms with Crippen molar-refractivity contribution in [2.45, 2.75) is 185 Å². The number of carbonyl (C=O) groups is 5. The first-order valence-corrected chi connectivity index (χ1v) is 47.8. The highest BCUT2D eigenvalue weighted by molar-refractivity contribution is 7.98. The third kappa shape index (κ3) is 21.0. The quantitative estimate of drug-likeness (QED) is 0.0120. The first kappa shape index (κ1) is 89.0. The number of nitrogens with one attached hydrogen (secondary N) is 6. The highest BCUT2D eigenvalue weighted by Crippen LogP contribution is 2.41. The normalized spacial score (nSPS) is 14.4. The predicted octanol–water partition coefficient (Wildman–Crippen LogP) is 22.1. The number of pyridine rings is 5. The molecule has 6 fully saturated rings. The van der Waals surface area contributed by atoms with Crippen molar-refractivity contribution < 1.29 is 28.7 Å². The van der Waals surface area contributed by atoms with E-state index >= 15 is 0 Å². The Morgan fingerprint density at radius 2 is 0.662 bits per heavy atom. The van der Waals surface area contributed by atoms with Gasteiger partial charge in [-0.15, -0.1) is 0 Å². The number of hydrogen-bond donors (Lipinski definition) is 6. The zero-order valence-corrected chi connectivity index (χ0v) is 77.6. The van der Waals surface area contributed by atoms with Crippen LogP contribution in [0.25, 0.3) is 109 Å². The summed E-state index contributed by atoms with van der Waals surface area (Å²) >= 11 is 7.83. The van der Waals surface area contributed by atoms with Gasteiger partial charge in [0, 0.05) is 173 Å². The van der Waals surface area contributed by atoms with Crippen molar-refractivity contribution in [3.63, 3.8) is 0 Å². The summed E-state index contributed by atoms with van der Waals surface area (Å²) in [5.41, 5.74) is 14.9. The van der Waals surface area contributed by atoms with Crippen molar-refractivity contribution in [2.75, 3.05) is 38.5 Å². The van der Waals surface area contributed by atoms with Crippen molar-refractivity contribution in [3.8, 4) is 6.01 Å². The third-order valence-electron chi connectivity index (χ3n) is 24.5. The van der Waals surface area contributed by atoms with Crippen LogP contribution in [-0.2, 0) is 25.0 Å². The standard InChI is InChI=1S/C24H22N4O.C23H19ClN4OS.C23H20N4O.C19H19N5O.C18H18N4O2/c1-15(29)17-8-11-19-20-14-25-22(12-7-16-5-3-2-4-6-16)28-23(20)24(26-18-9-10-18)27-21(19)13-17;1-13(29)14-6-9-17-18-11-25-23(30-12-15-4-2-3-5-19(15)24)28-21(18)22(26-16-7-8-16)27-20(17)10-14;1-14(28)16-7-10-18-19-13-24-21(11-15-5-3-2-4-6-15)27-22(19)23(25-17-8-9-17)26-20(18)12-16;1-10(25)11-2-7-14-15-9-20-19(22-13-5-6-13)24-17(15)18(21-12-3-4-12)23-16(14)8-11;1-3-24-18-19-9-14-13-7-4-11(10(2)23)8-15(13)21-17(16(14)22-18)20-12-5-6-12/h2-6,8,11,13-14,18H,7,9-10,12H2,1H3,(H,26,27);2-6,9-11,16H,7-8,12H2,1H3,(H,26,27);2-7,10,12-13,17H,8-9,11H2,1H3,(H,25,26);2,7-9,12-13H,3-6H2,1H3,(H,21,23)(H,20,22,24);4,7-9,12H,3,5-6H2,1-2H3,(H,20,21). The zero-order chi connectivity index (χ0) is 93.2. The van der Waals surface area contributed by atoms with Crippen molar-refractivity contribution in [1.29, 1.82) is 0 Å². The van der Waals surface area contributed by atoms with Crippen molar-refractivity contribution in [1.82, 2.24) is 74.8 Å². The van der Waals surface area contributed by atoms with Gasteiger partial charge in [0.05, 0.1) is 34.2 Å². The minimum atomic E-state index is 0.0260. The summed E-state index contributed by atoms with van der Waals surface area (Å²) in [6.45, 7) is 10.3. The van der Waals surface area contributed by atoms with Crippen LogP contribution in [0.15, 0.2) is 212 Å². The summed E-state index contributed by atoms with van der Waals surface area (Å²) in [5, 5.41) is 31.7. The molecule has 0 bridgehead atoms. The summed E-state index contributed by atoms with van der Waals surface area (Å²) in [6.07, 6.45) is 25.5. The Kier molecular flexibility index (Phi) is 25.5. The Morgan fingerprint density at radius 3 is 1.05 bits per heavy atom. The Labute approximate surface area is 792 Å². The van der Waals surface area contributed by atoms with Crippen LogP contribution in [-0.4, -0.2) is 147 Å². The molecule has 0 amide bonds. The number of Topliss-reactive ketones (excluding diaryl/α,β-unsaturated/α-hetero) is 5. The molecule has 136 heavy (non-hydrogen) atoms. The molecule has 0 unspecified atom stereocenters. The third-order valence-corrected chi connectivity index (χ3v) is 25.8. The van der Waals surface area contributed by atoms with E-state index in [1.165, 1.54) is 24.0 Å². The Hall–Kier alpha value is -14.9. The van der Waals surface area contributed by atoms with Gasteiger partial charge in [-0.05, 0) is 178 Å². The monoisotopic (exact) mass is 1840 g/mol.